The van der Waals surface area contributed by atoms with Crippen LogP contribution >= 0.6 is 39.9 Å². The van der Waals surface area contributed by atoms with Gasteiger partial charge in [0.25, 0.3) is 11.8 Å². The molecule has 3 aromatic carbocycles. The van der Waals surface area contributed by atoms with Crippen LogP contribution < -0.4 is 14.9 Å². The minimum absolute atomic E-state index is 0.254. The van der Waals surface area contributed by atoms with Crippen LogP contribution in [0.15, 0.2) is 76.1 Å². The molecule has 1 fully saturated rings. The van der Waals surface area contributed by atoms with Gasteiger partial charge in [-0.15, -0.1) is 0 Å². The van der Waals surface area contributed by atoms with E-state index in [1.807, 2.05) is 49.4 Å². The van der Waals surface area contributed by atoms with Gasteiger partial charge in [-0.2, -0.15) is 5.01 Å². The van der Waals surface area contributed by atoms with E-state index in [2.05, 4.69) is 21.4 Å². The molecule has 0 unspecified atom stereocenters. The average molecular weight is 570 g/mol. The highest BCUT2D eigenvalue weighted by atomic mass is 79.9. The molecule has 3 aromatic rings. The summed E-state index contributed by atoms with van der Waals surface area (Å²) in [4.78, 5) is 26.0. The summed E-state index contributed by atoms with van der Waals surface area (Å²) < 4.78 is 12.7. The van der Waals surface area contributed by atoms with Crippen LogP contribution in [0.25, 0.3) is 6.08 Å². The number of thiocarbonyl (C=S) groups is 1. The molecule has 6 nitrogen and oxygen atoms in total. The topological polar surface area (TPSA) is 67.9 Å². The van der Waals surface area contributed by atoms with Crippen molar-refractivity contribution in [2.24, 2.45) is 0 Å². The van der Waals surface area contributed by atoms with E-state index < -0.39 is 11.8 Å². The van der Waals surface area contributed by atoms with Crippen molar-refractivity contribution < 1.29 is 19.1 Å². The third-order valence-electron chi connectivity index (χ3n) is 5.19. The van der Waals surface area contributed by atoms with Crippen LogP contribution in [-0.2, 0) is 11.4 Å². The summed E-state index contributed by atoms with van der Waals surface area (Å²) in [5, 5.41) is 1.10. The second-order valence-electron chi connectivity index (χ2n) is 7.60. The number of halogens is 1. The van der Waals surface area contributed by atoms with Crippen LogP contribution in [0.1, 0.15) is 27.0 Å². The van der Waals surface area contributed by atoms with Gasteiger partial charge in [-0.05, 0) is 72.2 Å². The van der Waals surface area contributed by atoms with Crippen molar-refractivity contribution in [1.82, 2.24) is 10.4 Å². The van der Waals surface area contributed by atoms with Gasteiger partial charge in [-0.25, -0.2) is 0 Å². The van der Waals surface area contributed by atoms with Gasteiger partial charge in [0, 0.05) is 10.0 Å². The van der Waals surface area contributed by atoms with E-state index in [0.29, 0.717) is 28.6 Å². The van der Waals surface area contributed by atoms with Crippen LogP contribution in [-0.4, -0.2) is 28.3 Å². The Morgan fingerprint density at radius 3 is 2.57 bits per heavy atom. The molecular formula is C26H21BrN2O4S2. The fraction of sp³-hybridized carbons (Fsp3) is 0.115. The number of hydrogen-bond acceptors (Lipinski definition) is 6. The Bertz CT molecular complexity index is 1330. The zero-order valence-electron chi connectivity index (χ0n) is 18.9. The lowest BCUT2D eigenvalue weighted by molar-refractivity contribution is -0.123. The van der Waals surface area contributed by atoms with Gasteiger partial charge in [0.1, 0.15) is 6.61 Å². The monoisotopic (exact) mass is 568 g/mol. The number of carbonyl (C=O) groups is 2. The first kappa shape index (κ1) is 25.0. The zero-order chi connectivity index (χ0) is 24.9. The van der Waals surface area contributed by atoms with Crippen molar-refractivity contribution in [3.8, 4) is 11.5 Å². The van der Waals surface area contributed by atoms with Gasteiger partial charge in [-0.3, -0.25) is 15.0 Å². The van der Waals surface area contributed by atoms with Gasteiger partial charge < -0.3 is 9.47 Å². The summed E-state index contributed by atoms with van der Waals surface area (Å²) in [6, 6.07) is 20.4. The van der Waals surface area contributed by atoms with Crippen LogP contribution in [0.5, 0.6) is 11.5 Å². The Morgan fingerprint density at radius 1 is 1.11 bits per heavy atom. The fourth-order valence-electron chi connectivity index (χ4n) is 3.34. The molecule has 0 bridgehead atoms. The highest BCUT2D eigenvalue weighted by molar-refractivity contribution is 9.10. The number of nitrogens with one attached hydrogen (secondary N) is 1. The lowest BCUT2D eigenvalue weighted by Gasteiger charge is -2.16. The molecule has 0 spiro atoms. The number of hydrogen-bond donors (Lipinski definition) is 1. The summed E-state index contributed by atoms with van der Waals surface area (Å²) in [5.41, 5.74) is 5.66. The number of amides is 2. The number of ether oxygens (including phenoxy) is 2. The van der Waals surface area contributed by atoms with Gasteiger partial charge in [0.05, 0.1) is 12.0 Å². The summed E-state index contributed by atoms with van der Waals surface area (Å²) in [6.07, 6.45) is 1.71. The highest BCUT2D eigenvalue weighted by Crippen LogP contribution is 2.34. The van der Waals surface area contributed by atoms with Crippen molar-refractivity contribution in [2.75, 3.05) is 7.11 Å². The van der Waals surface area contributed by atoms with Crippen molar-refractivity contribution in [2.45, 2.75) is 13.5 Å². The van der Waals surface area contributed by atoms with Crippen molar-refractivity contribution in [3.63, 3.8) is 0 Å². The fourth-order valence-corrected chi connectivity index (χ4v) is 4.78. The maximum absolute atomic E-state index is 13.0. The summed E-state index contributed by atoms with van der Waals surface area (Å²) in [7, 11) is 1.56. The predicted molar refractivity (Wildman–Crippen MR) is 145 cm³/mol. The molecule has 0 radical (unpaired) electrons. The molecule has 2 amide bonds. The molecule has 0 saturated carbocycles. The third-order valence-corrected chi connectivity index (χ3v) is 7.02. The van der Waals surface area contributed by atoms with E-state index in [1.54, 1.807) is 37.5 Å². The van der Waals surface area contributed by atoms with E-state index in [-0.39, 0.29) is 4.32 Å². The number of aryl methyl sites for hydroxylation is 1. The van der Waals surface area contributed by atoms with Crippen LogP contribution in [0.4, 0.5) is 0 Å². The molecule has 35 heavy (non-hydrogen) atoms. The lowest BCUT2D eigenvalue weighted by atomic mass is 10.1. The van der Waals surface area contributed by atoms with Crippen molar-refractivity contribution in [1.29, 1.82) is 0 Å². The van der Waals surface area contributed by atoms with E-state index in [9.17, 15) is 9.59 Å². The molecule has 1 saturated heterocycles. The zero-order valence-corrected chi connectivity index (χ0v) is 22.1. The normalized spacial score (nSPS) is 14.4. The number of rotatable bonds is 7. The molecule has 178 valence electrons. The lowest BCUT2D eigenvalue weighted by Crippen LogP contribution is -2.45. The maximum atomic E-state index is 13.0. The molecule has 9 heteroatoms. The highest BCUT2D eigenvalue weighted by Gasteiger charge is 2.34. The molecule has 0 atom stereocenters. The first-order valence-electron chi connectivity index (χ1n) is 10.6. The summed E-state index contributed by atoms with van der Waals surface area (Å²) in [6.45, 7) is 2.22. The van der Waals surface area contributed by atoms with Crippen LogP contribution in [0.2, 0.25) is 0 Å². The Kier molecular flexibility index (Phi) is 7.90. The van der Waals surface area contributed by atoms with Crippen molar-refractivity contribution in [3.05, 3.63) is 98.4 Å². The van der Waals surface area contributed by atoms with E-state index in [1.165, 1.54) is 0 Å². The molecule has 0 aliphatic carbocycles. The largest absolute Gasteiger partial charge is 0.493 e. The Balaban J connectivity index is 1.47. The summed E-state index contributed by atoms with van der Waals surface area (Å²) >= 11 is 9.88. The number of methoxy groups -OCH3 is 1. The van der Waals surface area contributed by atoms with Crippen molar-refractivity contribution >= 4 is 62.1 Å². The van der Waals surface area contributed by atoms with E-state index in [4.69, 9.17) is 21.7 Å². The molecule has 0 aromatic heterocycles. The smallest absolute Gasteiger partial charge is 0.285 e. The second-order valence-corrected chi connectivity index (χ2v) is 10.2. The summed E-state index contributed by atoms with van der Waals surface area (Å²) in [5.74, 6) is 0.343. The Morgan fingerprint density at radius 2 is 1.86 bits per heavy atom. The Labute approximate surface area is 221 Å². The van der Waals surface area contributed by atoms with Gasteiger partial charge >= 0.3 is 0 Å². The van der Waals surface area contributed by atoms with E-state index in [0.717, 1.165) is 37.9 Å². The van der Waals surface area contributed by atoms with Crippen LogP contribution in [0, 0.1) is 6.92 Å². The minimum Gasteiger partial charge on any atom is -0.493 e. The molecule has 1 aliphatic heterocycles. The van der Waals surface area contributed by atoms with Gasteiger partial charge in [0.2, 0.25) is 0 Å². The van der Waals surface area contributed by atoms with Gasteiger partial charge in [-0.1, -0.05) is 64.1 Å². The molecule has 1 aliphatic rings. The SMILES string of the molecule is COc1cc(/C=C2/SC(=S)N(NC(=O)c3ccccc3C)C2=O)ccc1OCc1ccc(Br)cc1. The quantitative estimate of drug-likeness (QED) is 0.283. The predicted octanol–water partition coefficient (Wildman–Crippen LogP) is 5.89. The number of nitrogens with zero attached hydrogens (tertiary/aromatic N) is 1. The minimum atomic E-state index is -0.394. The molecular weight excluding hydrogens is 548 g/mol. The molecule has 1 heterocycles. The maximum Gasteiger partial charge on any atom is 0.285 e. The van der Waals surface area contributed by atoms with Crippen LogP contribution in [0.3, 0.4) is 0 Å². The number of benzene rings is 3. The Hall–Kier alpha value is -3.14. The number of hydrazine groups is 1. The first-order valence-corrected chi connectivity index (χ1v) is 12.6. The standard InChI is InChI=1S/C26H21BrN2O4S2/c1-16-5-3-4-6-20(16)24(30)28-29-25(31)23(35-26(29)34)14-18-9-12-21(22(13-18)32-2)33-15-17-7-10-19(27)11-8-17/h3-14H,15H2,1-2H3,(H,28,30)/b23-14+. The number of thioether (sulfide) groups is 1. The van der Waals surface area contributed by atoms with Gasteiger partial charge in [0.15, 0.2) is 15.8 Å². The first-order chi connectivity index (χ1) is 16.9. The second kappa shape index (κ2) is 11.1. The average Bonchev–Trinajstić information content (AvgIpc) is 3.11. The molecule has 4 rings (SSSR count). The third kappa shape index (κ3) is 5.93. The molecule has 1 N–H and O–H groups in total. The van der Waals surface area contributed by atoms with E-state index >= 15 is 0 Å². The number of carbonyl (C=O) groups excluding carboxylic acids is 2.